The molecule has 0 atom stereocenters. The van der Waals surface area contributed by atoms with Gasteiger partial charge in [-0.2, -0.15) is 0 Å². The van der Waals surface area contributed by atoms with Gasteiger partial charge in [0.05, 0.1) is 43.6 Å². The van der Waals surface area contributed by atoms with E-state index in [1.165, 1.54) is 37.6 Å². The highest BCUT2D eigenvalue weighted by Gasteiger charge is 2.27. The number of carbonyl (C=O) groups excluding carboxylic acids is 1. The highest BCUT2D eigenvalue weighted by molar-refractivity contribution is 7.92. The summed E-state index contributed by atoms with van der Waals surface area (Å²) in [7, 11) is -2.76. The predicted molar refractivity (Wildman–Crippen MR) is 167 cm³/mol. The lowest BCUT2D eigenvalue weighted by Gasteiger charge is -2.35. The van der Waals surface area contributed by atoms with Crippen LogP contribution in [0.15, 0.2) is 53.7 Å². The minimum Gasteiger partial charge on any atom is -0.480 e. The van der Waals surface area contributed by atoms with Crippen LogP contribution in [0.3, 0.4) is 0 Å². The molecular formula is C31H39FN6O6S. The number of benzene rings is 1. The van der Waals surface area contributed by atoms with E-state index >= 15 is 4.39 Å². The van der Waals surface area contributed by atoms with Crippen LogP contribution in [0.1, 0.15) is 26.3 Å². The first-order chi connectivity index (χ1) is 21.4. The molecule has 1 amide bonds. The van der Waals surface area contributed by atoms with E-state index in [4.69, 9.17) is 14.2 Å². The smallest absolute Gasteiger partial charge is 0.410 e. The van der Waals surface area contributed by atoms with E-state index in [-0.39, 0.29) is 33.8 Å². The lowest BCUT2D eigenvalue weighted by molar-refractivity contribution is 0.0139. The van der Waals surface area contributed by atoms with Crippen LogP contribution in [0.2, 0.25) is 0 Å². The third-order valence-electron chi connectivity index (χ3n) is 7.41. The number of ether oxygens (including phenoxy) is 3. The number of halogens is 1. The number of methoxy groups -OCH3 is 1. The van der Waals surface area contributed by atoms with Gasteiger partial charge >= 0.3 is 6.09 Å². The van der Waals surface area contributed by atoms with Gasteiger partial charge in [0.1, 0.15) is 11.4 Å². The van der Waals surface area contributed by atoms with E-state index in [1.807, 2.05) is 31.7 Å². The van der Waals surface area contributed by atoms with Gasteiger partial charge in [0, 0.05) is 57.6 Å². The number of sulfonamides is 1. The van der Waals surface area contributed by atoms with Gasteiger partial charge in [-0.15, -0.1) is 0 Å². The number of rotatable bonds is 8. The molecule has 2 aliphatic rings. The lowest BCUT2D eigenvalue weighted by atomic mass is 10.1. The quantitative estimate of drug-likeness (QED) is 0.386. The van der Waals surface area contributed by atoms with E-state index in [1.54, 1.807) is 17.2 Å². The summed E-state index contributed by atoms with van der Waals surface area (Å²) in [6.07, 6.45) is 2.67. The number of aromatic nitrogens is 2. The van der Waals surface area contributed by atoms with Crippen LogP contribution in [0.5, 0.6) is 5.88 Å². The molecular weight excluding hydrogens is 603 g/mol. The van der Waals surface area contributed by atoms with Crippen molar-refractivity contribution in [3.05, 3.63) is 60.2 Å². The Morgan fingerprint density at radius 1 is 1.02 bits per heavy atom. The monoisotopic (exact) mass is 642 g/mol. The van der Waals surface area contributed by atoms with Crippen molar-refractivity contribution in [3.8, 4) is 17.1 Å². The van der Waals surface area contributed by atoms with Crippen LogP contribution in [0.4, 0.5) is 20.6 Å². The zero-order valence-electron chi connectivity index (χ0n) is 26.0. The molecule has 14 heteroatoms. The van der Waals surface area contributed by atoms with Gasteiger partial charge in [-0.3, -0.25) is 14.6 Å². The third kappa shape index (κ3) is 8.18. The van der Waals surface area contributed by atoms with Crippen molar-refractivity contribution in [2.45, 2.75) is 37.8 Å². The summed E-state index contributed by atoms with van der Waals surface area (Å²) in [6.45, 7) is 10.7. The molecule has 0 radical (unpaired) electrons. The van der Waals surface area contributed by atoms with Crippen molar-refractivity contribution in [2.75, 3.05) is 69.2 Å². The highest BCUT2D eigenvalue weighted by atomic mass is 32.2. The van der Waals surface area contributed by atoms with E-state index in [0.29, 0.717) is 64.7 Å². The largest absolute Gasteiger partial charge is 0.480 e. The molecule has 242 valence electrons. The molecule has 45 heavy (non-hydrogen) atoms. The number of carbonyl (C=O) groups is 1. The van der Waals surface area contributed by atoms with Crippen molar-refractivity contribution >= 4 is 27.5 Å². The maximum absolute atomic E-state index is 15.4. The molecule has 0 unspecified atom stereocenters. The van der Waals surface area contributed by atoms with Crippen LogP contribution >= 0.6 is 0 Å². The fourth-order valence-corrected chi connectivity index (χ4v) is 6.34. The molecule has 0 bridgehead atoms. The van der Waals surface area contributed by atoms with Gasteiger partial charge in [0.2, 0.25) is 5.88 Å². The average molecular weight is 643 g/mol. The molecule has 2 fully saturated rings. The summed E-state index contributed by atoms with van der Waals surface area (Å²) in [5, 5.41) is 0. The fourth-order valence-electron chi connectivity index (χ4n) is 5.15. The van der Waals surface area contributed by atoms with Crippen LogP contribution < -0.4 is 14.4 Å². The highest BCUT2D eigenvalue weighted by Crippen LogP contribution is 2.30. The van der Waals surface area contributed by atoms with Crippen molar-refractivity contribution in [1.29, 1.82) is 0 Å². The lowest BCUT2D eigenvalue weighted by Crippen LogP contribution is -2.49. The summed E-state index contributed by atoms with van der Waals surface area (Å²) < 4.78 is 61.0. The van der Waals surface area contributed by atoms with Crippen molar-refractivity contribution in [1.82, 2.24) is 19.8 Å². The summed E-state index contributed by atoms with van der Waals surface area (Å²) in [4.78, 5) is 26.6. The van der Waals surface area contributed by atoms with Crippen molar-refractivity contribution in [3.63, 3.8) is 0 Å². The molecule has 4 heterocycles. The maximum Gasteiger partial charge on any atom is 0.410 e. The van der Waals surface area contributed by atoms with E-state index in [2.05, 4.69) is 19.6 Å². The second-order valence-corrected chi connectivity index (χ2v) is 13.5. The zero-order chi connectivity index (χ0) is 32.2. The van der Waals surface area contributed by atoms with Crippen LogP contribution in [0, 0.1) is 5.82 Å². The molecule has 0 spiro atoms. The second kappa shape index (κ2) is 13.5. The van der Waals surface area contributed by atoms with E-state index in [9.17, 15) is 13.2 Å². The number of hydrogen-bond acceptors (Lipinski definition) is 10. The van der Waals surface area contributed by atoms with Gasteiger partial charge in [0.25, 0.3) is 10.0 Å². The minimum atomic E-state index is -4.12. The number of amides is 1. The first-order valence-electron chi connectivity index (χ1n) is 14.8. The van der Waals surface area contributed by atoms with Crippen molar-refractivity contribution < 1.29 is 31.8 Å². The molecule has 2 aliphatic heterocycles. The molecule has 0 saturated carbocycles. The Balaban J connectivity index is 1.26. The normalized spacial score (nSPS) is 16.4. The Hall–Kier alpha value is -4.01. The van der Waals surface area contributed by atoms with Gasteiger partial charge < -0.3 is 24.0 Å². The molecule has 2 saturated heterocycles. The Morgan fingerprint density at radius 3 is 2.42 bits per heavy atom. The average Bonchev–Trinajstić information content (AvgIpc) is 3.00. The molecule has 12 nitrogen and oxygen atoms in total. The van der Waals surface area contributed by atoms with E-state index < -0.39 is 21.4 Å². The summed E-state index contributed by atoms with van der Waals surface area (Å²) >= 11 is 0. The Labute approximate surface area is 263 Å². The molecule has 1 aromatic carbocycles. The number of nitrogens with zero attached hydrogens (tertiary/aromatic N) is 5. The third-order valence-corrected chi connectivity index (χ3v) is 8.79. The topological polar surface area (TPSA) is 126 Å². The number of pyridine rings is 2. The molecule has 0 aliphatic carbocycles. The van der Waals surface area contributed by atoms with Crippen LogP contribution in [0.25, 0.3) is 11.3 Å². The number of piperazine rings is 1. The number of nitrogens with one attached hydrogen (secondary N) is 1. The predicted octanol–water partition coefficient (Wildman–Crippen LogP) is 3.98. The van der Waals surface area contributed by atoms with E-state index in [0.717, 1.165) is 5.56 Å². The SMILES string of the molecule is COc1ncc(N2CCOCC2)cc1S(=O)(=O)Nc1ccnc(-c2ccc(CN3CCN(C(=O)OC(C)(C)C)CC3)cc2F)c1. The molecule has 5 rings (SSSR count). The number of anilines is 2. The zero-order valence-corrected chi connectivity index (χ0v) is 26.8. The molecule has 3 aromatic rings. The van der Waals surface area contributed by atoms with Gasteiger partial charge in [-0.25, -0.2) is 22.6 Å². The Bertz CT molecular complexity index is 1620. The maximum atomic E-state index is 15.4. The second-order valence-electron chi connectivity index (χ2n) is 11.9. The summed E-state index contributed by atoms with van der Waals surface area (Å²) in [5.41, 5.74) is 1.60. The molecule has 1 N–H and O–H groups in total. The van der Waals surface area contributed by atoms with Crippen molar-refractivity contribution in [2.24, 2.45) is 0 Å². The van der Waals surface area contributed by atoms with Gasteiger partial charge in [0.15, 0.2) is 4.90 Å². The standard InChI is InChI=1S/C31H39FN6O6S/c1-31(2,3)44-30(39)38-11-9-36(10-12-38)21-22-5-6-25(26(32)17-22)27-18-23(7-8-33-27)35-45(40,41)28-19-24(20-34-29(28)42-4)37-13-15-43-16-14-37/h5-8,17-20H,9-16,21H2,1-4H3,(H,33,35). The number of hydrogen-bond donors (Lipinski definition) is 1. The Kier molecular flexibility index (Phi) is 9.75. The first kappa shape index (κ1) is 32.4. The van der Waals surface area contributed by atoms with Crippen LogP contribution in [-0.2, 0) is 26.0 Å². The minimum absolute atomic E-state index is 0.0401. The Morgan fingerprint density at radius 2 is 1.76 bits per heavy atom. The fraction of sp³-hybridized carbons (Fsp3) is 0.452. The first-order valence-corrected chi connectivity index (χ1v) is 16.2. The number of morpholine rings is 1. The van der Waals surface area contributed by atoms with Gasteiger partial charge in [-0.05, 0) is 56.7 Å². The van der Waals surface area contributed by atoms with Gasteiger partial charge in [-0.1, -0.05) is 6.07 Å². The summed E-state index contributed by atoms with van der Waals surface area (Å²) in [6, 6.07) is 9.43. The van der Waals surface area contributed by atoms with Crippen LogP contribution in [-0.4, -0.2) is 99.5 Å². The molecule has 2 aromatic heterocycles. The summed E-state index contributed by atoms with van der Waals surface area (Å²) in [5.74, 6) is -0.516.